The molecule has 0 saturated heterocycles. The molecule has 2 atom stereocenters. The largest absolute Gasteiger partial charge is 0.384 e. The molecule has 1 saturated carbocycles. The minimum atomic E-state index is -1.52. The highest BCUT2D eigenvalue weighted by Gasteiger charge is 2.31. The number of fused-ring (bicyclic) bond motifs is 1. The van der Waals surface area contributed by atoms with Crippen LogP contribution in [-0.4, -0.2) is 53.1 Å². The van der Waals surface area contributed by atoms with Crippen LogP contribution in [0.2, 0.25) is 0 Å². The summed E-state index contributed by atoms with van der Waals surface area (Å²) in [4.78, 5) is 29.1. The van der Waals surface area contributed by atoms with Crippen LogP contribution in [-0.2, 0) is 25.1 Å². The Balaban J connectivity index is 0.00000145. The van der Waals surface area contributed by atoms with Gasteiger partial charge in [-0.05, 0) is 31.0 Å². The van der Waals surface area contributed by atoms with E-state index in [2.05, 4.69) is 31.5 Å². The standard InChI is InChI=1S/C17H20BrN3O4S2.C2H6/c1-25-6-7-27(24)15(16(23)19-9-14(22)20-11-3-4-11)17-21-12-5-2-10(18)8-13(12)26-17;1-2/h2,5,8,11,15H,3-4,6-7,9H2,1H3,(H,19,23)(H,20,22);1-2H3. The fourth-order valence-electron chi connectivity index (χ4n) is 2.42. The first-order valence-corrected chi connectivity index (χ1v) is 12.5. The molecule has 1 heterocycles. The van der Waals surface area contributed by atoms with Gasteiger partial charge in [0.1, 0.15) is 5.01 Å². The number of hydrogen-bond donors (Lipinski definition) is 2. The molecule has 0 spiro atoms. The molecule has 2 amide bonds. The predicted octanol–water partition coefficient (Wildman–Crippen LogP) is 2.92. The summed E-state index contributed by atoms with van der Waals surface area (Å²) in [5.41, 5.74) is 0.742. The Bertz CT molecular complexity index is 870. The average Bonchev–Trinajstić information content (AvgIpc) is 3.43. The summed E-state index contributed by atoms with van der Waals surface area (Å²) in [7, 11) is 0.00112. The van der Waals surface area contributed by atoms with Crippen molar-refractivity contribution in [2.75, 3.05) is 26.0 Å². The van der Waals surface area contributed by atoms with Crippen LogP contribution in [0.5, 0.6) is 0 Å². The third kappa shape index (κ3) is 7.13. The van der Waals surface area contributed by atoms with Crippen LogP contribution in [0.15, 0.2) is 22.7 Å². The number of nitrogens with one attached hydrogen (secondary N) is 2. The lowest BCUT2D eigenvalue weighted by atomic mass is 10.3. The topological polar surface area (TPSA) is 97.4 Å². The second-order valence-electron chi connectivity index (χ2n) is 6.18. The summed E-state index contributed by atoms with van der Waals surface area (Å²) in [5, 5.41) is 4.94. The first kappa shape index (κ1) is 23.9. The molecule has 1 aromatic carbocycles. The van der Waals surface area contributed by atoms with Gasteiger partial charge in [-0.3, -0.25) is 13.8 Å². The molecule has 7 nitrogen and oxygen atoms in total. The molecule has 1 aliphatic carbocycles. The van der Waals surface area contributed by atoms with E-state index in [1.165, 1.54) is 18.4 Å². The van der Waals surface area contributed by atoms with Crippen molar-refractivity contribution in [1.29, 1.82) is 0 Å². The lowest BCUT2D eigenvalue weighted by Gasteiger charge is -2.14. The van der Waals surface area contributed by atoms with Gasteiger partial charge in [0.15, 0.2) is 5.25 Å². The van der Waals surface area contributed by atoms with Gasteiger partial charge in [-0.2, -0.15) is 0 Å². The Hall–Kier alpha value is -1.36. The number of halogens is 1. The summed E-state index contributed by atoms with van der Waals surface area (Å²) in [6, 6.07) is 5.84. The number of amides is 2. The van der Waals surface area contributed by atoms with E-state index in [9.17, 15) is 13.8 Å². The van der Waals surface area contributed by atoms with E-state index in [4.69, 9.17) is 4.74 Å². The summed E-state index contributed by atoms with van der Waals surface area (Å²) >= 11 is 4.74. The van der Waals surface area contributed by atoms with Crippen LogP contribution in [0, 0.1) is 0 Å². The number of thiazole rings is 1. The number of hydrogen-bond acceptors (Lipinski definition) is 6. The molecule has 10 heteroatoms. The van der Waals surface area contributed by atoms with Crippen molar-refractivity contribution in [2.24, 2.45) is 0 Å². The number of aromatic nitrogens is 1. The van der Waals surface area contributed by atoms with Gasteiger partial charge in [0.2, 0.25) is 11.8 Å². The molecule has 0 radical (unpaired) electrons. The molecular weight excluding hydrogens is 478 g/mol. The van der Waals surface area contributed by atoms with Gasteiger partial charge in [0, 0.05) is 34.2 Å². The monoisotopic (exact) mass is 503 g/mol. The summed E-state index contributed by atoms with van der Waals surface area (Å²) < 4.78 is 19.5. The van der Waals surface area contributed by atoms with Crippen LogP contribution in [0.25, 0.3) is 10.2 Å². The molecule has 1 fully saturated rings. The van der Waals surface area contributed by atoms with E-state index < -0.39 is 22.0 Å². The second-order valence-corrected chi connectivity index (χ2v) is 9.80. The van der Waals surface area contributed by atoms with Gasteiger partial charge >= 0.3 is 0 Å². The van der Waals surface area contributed by atoms with Crippen molar-refractivity contribution < 1.29 is 18.5 Å². The predicted molar refractivity (Wildman–Crippen MR) is 120 cm³/mol. The quantitative estimate of drug-likeness (QED) is 0.548. The van der Waals surface area contributed by atoms with E-state index in [-0.39, 0.29) is 30.9 Å². The molecule has 2 unspecified atom stereocenters. The number of rotatable bonds is 9. The molecule has 2 aromatic rings. The highest BCUT2D eigenvalue weighted by Crippen LogP contribution is 2.31. The van der Waals surface area contributed by atoms with Gasteiger partial charge in [0.05, 0.1) is 23.4 Å². The summed E-state index contributed by atoms with van der Waals surface area (Å²) in [6.07, 6.45) is 1.95. The Labute approximate surface area is 185 Å². The maximum absolute atomic E-state index is 12.7. The minimum Gasteiger partial charge on any atom is -0.384 e. The third-order valence-corrected chi connectivity index (χ3v) is 7.20. The Morgan fingerprint density at radius 1 is 1.38 bits per heavy atom. The van der Waals surface area contributed by atoms with Crippen molar-refractivity contribution >= 4 is 60.1 Å². The van der Waals surface area contributed by atoms with E-state index >= 15 is 0 Å². The fraction of sp³-hybridized carbons (Fsp3) is 0.526. The van der Waals surface area contributed by atoms with Crippen molar-refractivity contribution in [3.63, 3.8) is 0 Å². The highest BCUT2D eigenvalue weighted by atomic mass is 79.9. The number of carbonyl (C=O) groups is 2. The maximum atomic E-state index is 12.7. The Morgan fingerprint density at radius 3 is 2.76 bits per heavy atom. The van der Waals surface area contributed by atoms with Crippen molar-refractivity contribution in [3.8, 4) is 0 Å². The van der Waals surface area contributed by atoms with Crippen LogP contribution < -0.4 is 10.6 Å². The molecule has 1 aromatic heterocycles. The highest BCUT2D eigenvalue weighted by molar-refractivity contribution is 9.10. The third-order valence-electron chi connectivity index (χ3n) is 3.95. The molecular formula is C19H26BrN3O4S2. The van der Waals surface area contributed by atoms with E-state index in [0.717, 1.165) is 27.5 Å². The minimum absolute atomic E-state index is 0.135. The van der Waals surface area contributed by atoms with Crippen molar-refractivity contribution in [2.45, 2.75) is 38.0 Å². The molecule has 2 N–H and O–H groups in total. The normalized spacial score (nSPS) is 15.2. The van der Waals surface area contributed by atoms with Crippen LogP contribution in [0.3, 0.4) is 0 Å². The number of benzene rings is 1. The number of methoxy groups -OCH3 is 1. The average molecular weight is 504 g/mol. The van der Waals surface area contributed by atoms with Crippen LogP contribution in [0.1, 0.15) is 36.9 Å². The zero-order chi connectivity index (χ0) is 21.4. The zero-order valence-corrected chi connectivity index (χ0v) is 19.9. The second kappa shape index (κ2) is 11.7. The molecule has 160 valence electrons. The first-order valence-electron chi connectivity index (χ1n) is 9.47. The van der Waals surface area contributed by atoms with E-state index in [1.807, 2.05) is 32.0 Å². The zero-order valence-electron chi connectivity index (χ0n) is 16.7. The molecule has 3 rings (SSSR count). The van der Waals surface area contributed by atoms with Gasteiger partial charge < -0.3 is 15.4 Å². The van der Waals surface area contributed by atoms with Crippen molar-refractivity contribution in [3.05, 3.63) is 27.7 Å². The molecule has 0 bridgehead atoms. The van der Waals surface area contributed by atoms with E-state index in [0.29, 0.717) is 5.01 Å². The van der Waals surface area contributed by atoms with Crippen molar-refractivity contribution in [1.82, 2.24) is 15.6 Å². The van der Waals surface area contributed by atoms with Gasteiger partial charge in [-0.15, -0.1) is 11.3 Å². The fourth-order valence-corrected chi connectivity index (χ4v) is 5.55. The van der Waals surface area contributed by atoms with Gasteiger partial charge in [0.25, 0.3) is 0 Å². The smallest absolute Gasteiger partial charge is 0.243 e. The van der Waals surface area contributed by atoms with Crippen LogP contribution >= 0.6 is 27.3 Å². The molecule has 1 aliphatic rings. The SMILES string of the molecule is CC.COCCS(=O)C(C(=O)NCC(=O)NC1CC1)c1nc2ccc(Br)cc2s1. The maximum Gasteiger partial charge on any atom is 0.243 e. The summed E-state index contributed by atoms with van der Waals surface area (Å²) in [5.74, 6) is -0.489. The van der Waals surface area contributed by atoms with Crippen LogP contribution in [0.4, 0.5) is 0 Å². The lowest BCUT2D eigenvalue weighted by Crippen LogP contribution is -2.40. The van der Waals surface area contributed by atoms with E-state index in [1.54, 1.807) is 0 Å². The number of ether oxygens (including phenoxy) is 1. The molecule has 29 heavy (non-hydrogen) atoms. The van der Waals surface area contributed by atoms with Gasteiger partial charge in [-0.1, -0.05) is 29.8 Å². The number of nitrogens with zero attached hydrogens (tertiary/aromatic N) is 1. The molecule has 0 aliphatic heterocycles. The summed E-state index contributed by atoms with van der Waals surface area (Å²) in [6.45, 7) is 4.14. The Kier molecular flexibility index (Phi) is 9.67. The number of carbonyl (C=O) groups excluding carboxylic acids is 2. The lowest BCUT2D eigenvalue weighted by molar-refractivity contribution is -0.126. The first-order chi connectivity index (χ1) is 14.0. The van der Waals surface area contributed by atoms with Gasteiger partial charge in [-0.25, -0.2) is 4.98 Å². The Morgan fingerprint density at radius 2 is 2.10 bits per heavy atom.